The fraction of sp³-hybridized carbons (Fsp3) is 0.630. The van der Waals surface area contributed by atoms with Crippen LogP contribution in [0.3, 0.4) is 0 Å². The van der Waals surface area contributed by atoms with Crippen LogP contribution in [-0.2, 0) is 24.5 Å². The second kappa shape index (κ2) is 9.36. The fourth-order valence-corrected chi connectivity index (χ4v) is 6.12. The maximum absolute atomic E-state index is 13.0. The molecule has 1 spiro atoms. The van der Waals surface area contributed by atoms with Gasteiger partial charge in [0.05, 0.1) is 11.0 Å². The van der Waals surface area contributed by atoms with Crippen LogP contribution in [0.25, 0.3) is 0 Å². The van der Waals surface area contributed by atoms with E-state index in [9.17, 15) is 19.8 Å². The van der Waals surface area contributed by atoms with Crippen molar-refractivity contribution in [1.82, 2.24) is 4.90 Å². The lowest BCUT2D eigenvalue weighted by atomic mass is 9.54. The number of hydrogen-bond donors (Lipinski definition) is 3. The third-order valence-corrected chi connectivity index (χ3v) is 8.20. The normalized spacial score (nSPS) is 30.9. The number of hydrogen-bond acceptors (Lipinski definition) is 9. The summed E-state index contributed by atoms with van der Waals surface area (Å²) in [5, 5.41) is 22.8. The van der Waals surface area contributed by atoms with E-state index in [4.69, 9.17) is 19.9 Å². The summed E-state index contributed by atoms with van der Waals surface area (Å²) in [5.74, 6) is -0.696. The minimum atomic E-state index is -1.23. The van der Waals surface area contributed by atoms with Crippen molar-refractivity contribution >= 4 is 11.9 Å². The van der Waals surface area contributed by atoms with E-state index in [1.807, 2.05) is 40.8 Å². The Morgan fingerprint density at radius 1 is 1.28 bits per heavy atom. The monoisotopic (exact) mass is 502 g/mol. The van der Waals surface area contributed by atoms with Gasteiger partial charge in [0.2, 0.25) is 0 Å². The number of rotatable bonds is 6. The highest BCUT2D eigenvalue weighted by Gasteiger charge is 2.69. The Morgan fingerprint density at radius 3 is 2.64 bits per heavy atom. The molecule has 4 N–H and O–H groups in total. The Labute approximate surface area is 212 Å². The summed E-state index contributed by atoms with van der Waals surface area (Å²) in [4.78, 5) is 27.4. The fourth-order valence-electron chi connectivity index (χ4n) is 6.12. The predicted molar refractivity (Wildman–Crippen MR) is 132 cm³/mol. The number of aliphatic hydroxyl groups is 1. The van der Waals surface area contributed by atoms with Gasteiger partial charge in [-0.1, -0.05) is 19.9 Å². The average molecular weight is 503 g/mol. The number of phenolic OH excluding ortho intramolecular Hbond substituents is 1. The molecule has 1 saturated heterocycles. The largest absolute Gasteiger partial charge is 0.504 e. The van der Waals surface area contributed by atoms with Gasteiger partial charge in [-0.2, -0.15) is 0 Å². The first kappa shape index (κ1) is 26.4. The lowest BCUT2D eigenvalue weighted by molar-refractivity contribution is -0.172. The molecule has 36 heavy (non-hydrogen) atoms. The van der Waals surface area contributed by atoms with E-state index in [1.54, 1.807) is 12.1 Å². The Kier molecular flexibility index (Phi) is 6.87. The predicted octanol–water partition coefficient (Wildman–Crippen LogP) is 2.29. The number of fused-ring (bicyclic) bond motifs is 1. The van der Waals surface area contributed by atoms with Gasteiger partial charge in [-0.25, -0.2) is 4.79 Å². The summed E-state index contributed by atoms with van der Waals surface area (Å²) in [6.07, 6.45) is 0.872. The molecule has 9 nitrogen and oxygen atoms in total. The molecule has 3 aliphatic rings. The van der Waals surface area contributed by atoms with Crippen molar-refractivity contribution in [2.75, 3.05) is 13.6 Å². The molecule has 0 amide bonds. The number of benzene rings is 1. The lowest BCUT2D eigenvalue weighted by Gasteiger charge is -2.58. The number of carbonyl (C=O) groups excluding carboxylic acids is 2. The number of nitrogens with two attached hydrogens (primary N) is 1. The number of aromatic hydroxyl groups is 1. The highest BCUT2D eigenvalue weighted by atomic mass is 16.6. The van der Waals surface area contributed by atoms with Gasteiger partial charge in [0.1, 0.15) is 11.8 Å². The van der Waals surface area contributed by atoms with Crippen LogP contribution in [0.5, 0.6) is 11.5 Å². The standard InChI is InChI=1S/C27H38N2O7/c1-14(2)13-18(28)25(32)34-16(4)24(31)35-20-9-10-27(33)17(5)29(6)12-11-26(27)21-15(3)7-8-19(30)22(21)36-23(20)26/h7-9,14,16-18,23,30,33H,10-13,28H2,1-6H3/t16-,17+,18-,23-,26-,27+/m0/s1. The Morgan fingerprint density at radius 2 is 1.97 bits per heavy atom. The molecule has 0 radical (unpaired) electrons. The summed E-state index contributed by atoms with van der Waals surface area (Å²) in [7, 11) is 1.97. The third-order valence-electron chi connectivity index (χ3n) is 8.20. The number of esters is 2. The first-order chi connectivity index (χ1) is 16.8. The Balaban J connectivity index is 1.65. The van der Waals surface area contributed by atoms with E-state index < -0.39 is 41.2 Å². The van der Waals surface area contributed by atoms with Crippen molar-refractivity contribution in [2.45, 2.75) is 89.2 Å². The molecule has 0 saturated carbocycles. The zero-order chi connectivity index (χ0) is 26.6. The van der Waals surface area contributed by atoms with E-state index >= 15 is 0 Å². The van der Waals surface area contributed by atoms with Crippen LogP contribution >= 0.6 is 0 Å². The summed E-state index contributed by atoms with van der Waals surface area (Å²) >= 11 is 0. The molecule has 0 unspecified atom stereocenters. The molecule has 2 aliphatic heterocycles. The molecule has 0 aromatic heterocycles. The Hall–Kier alpha value is -2.62. The van der Waals surface area contributed by atoms with Crippen LogP contribution in [0, 0.1) is 12.8 Å². The van der Waals surface area contributed by atoms with Gasteiger partial charge in [-0.3, -0.25) is 4.79 Å². The molecule has 198 valence electrons. The minimum absolute atomic E-state index is 0.0274. The van der Waals surface area contributed by atoms with Crippen molar-refractivity contribution in [3.8, 4) is 11.5 Å². The average Bonchev–Trinajstić information content (AvgIpc) is 3.18. The van der Waals surface area contributed by atoms with Crippen LogP contribution < -0.4 is 10.5 Å². The van der Waals surface area contributed by atoms with Crippen LogP contribution in [-0.4, -0.2) is 70.5 Å². The van der Waals surface area contributed by atoms with Crippen LogP contribution in [0.1, 0.15) is 58.1 Å². The summed E-state index contributed by atoms with van der Waals surface area (Å²) in [6, 6.07) is 2.33. The minimum Gasteiger partial charge on any atom is -0.504 e. The van der Waals surface area contributed by atoms with Gasteiger partial charge >= 0.3 is 11.9 Å². The summed E-state index contributed by atoms with van der Waals surface area (Å²) in [6.45, 7) is 9.91. The van der Waals surface area contributed by atoms with E-state index in [0.29, 0.717) is 25.1 Å². The molecule has 6 atom stereocenters. The smallest absolute Gasteiger partial charge is 0.352 e. The van der Waals surface area contributed by atoms with Crippen LogP contribution in [0.4, 0.5) is 0 Å². The van der Waals surface area contributed by atoms with Crippen molar-refractivity contribution in [3.63, 3.8) is 0 Å². The van der Waals surface area contributed by atoms with Gasteiger partial charge < -0.3 is 35.1 Å². The quantitative estimate of drug-likeness (QED) is 0.501. The highest BCUT2D eigenvalue weighted by molar-refractivity contribution is 5.82. The van der Waals surface area contributed by atoms with Gasteiger partial charge in [-0.15, -0.1) is 0 Å². The van der Waals surface area contributed by atoms with Gasteiger partial charge in [0, 0.05) is 18.0 Å². The van der Waals surface area contributed by atoms with E-state index in [2.05, 4.69) is 4.90 Å². The molecule has 1 aliphatic carbocycles. The van der Waals surface area contributed by atoms with E-state index in [-0.39, 0.29) is 29.9 Å². The summed E-state index contributed by atoms with van der Waals surface area (Å²) < 4.78 is 17.3. The number of phenols is 1. The van der Waals surface area contributed by atoms with Crippen molar-refractivity contribution in [2.24, 2.45) is 11.7 Å². The molecular weight excluding hydrogens is 464 g/mol. The maximum Gasteiger partial charge on any atom is 0.352 e. The second-order valence-electron chi connectivity index (χ2n) is 11.0. The zero-order valence-corrected chi connectivity index (χ0v) is 21.9. The number of piperidine rings is 1. The topological polar surface area (TPSA) is 132 Å². The van der Waals surface area contributed by atoms with E-state index in [0.717, 1.165) is 11.1 Å². The number of aryl methyl sites for hydroxylation is 1. The molecule has 9 heteroatoms. The van der Waals surface area contributed by atoms with Gasteiger partial charge in [0.25, 0.3) is 0 Å². The lowest BCUT2D eigenvalue weighted by Crippen LogP contribution is -2.71. The molecular formula is C27H38N2O7. The number of nitrogens with zero attached hydrogens (tertiary/aromatic N) is 1. The van der Waals surface area contributed by atoms with Crippen molar-refractivity contribution in [3.05, 3.63) is 35.1 Å². The number of likely N-dealkylation sites (N-methyl/N-ethyl adjacent to an activating group) is 1. The van der Waals surface area contributed by atoms with Crippen molar-refractivity contribution < 1.29 is 34.0 Å². The van der Waals surface area contributed by atoms with Crippen LogP contribution in [0.2, 0.25) is 0 Å². The van der Waals surface area contributed by atoms with Crippen molar-refractivity contribution in [1.29, 1.82) is 0 Å². The molecule has 1 aromatic carbocycles. The van der Waals surface area contributed by atoms with E-state index in [1.165, 1.54) is 6.92 Å². The molecule has 2 heterocycles. The molecule has 1 fully saturated rings. The molecule has 1 aromatic rings. The first-order valence-corrected chi connectivity index (χ1v) is 12.6. The SMILES string of the molecule is Cc1ccc(O)c2c1[C@]13CCN(C)[C@H](C)[C@]1(O)CC=C(OC(=O)[C@H](C)OC(=O)[C@@H](N)CC(C)C)[C@@H]3O2. The second-order valence-corrected chi connectivity index (χ2v) is 11.0. The van der Waals surface area contributed by atoms with Crippen LogP contribution in [0.15, 0.2) is 24.0 Å². The highest BCUT2D eigenvalue weighted by Crippen LogP contribution is 2.62. The number of carbonyl (C=O) groups is 2. The van der Waals surface area contributed by atoms with Gasteiger partial charge in [-0.05, 0) is 70.8 Å². The number of ether oxygens (including phenoxy) is 3. The Bertz CT molecular complexity index is 1090. The first-order valence-electron chi connectivity index (χ1n) is 12.6. The van der Waals surface area contributed by atoms with Gasteiger partial charge in [0.15, 0.2) is 23.7 Å². The zero-order valence-electron chi connectivity index (χ0n) is 21.9. The number of likely N-dealkylation sites (tertiary alicyclic amines) is 1. The maximum atomic E-state index is 13.0. The third kappa shape index (κ3) is 3.97. The molecule has 4 rings (SSSR count). The molecule has 0 bridgehead atoms. The summed E-state index contributed by atoms with van der Waals surface area (Å²) in [5.41, 5.74) is 5.37.